The van der Waals surface area contributed by atoms with Crippen molar-refractivity contribution in [3.63, 3.8) is 0 Å². The summed E-state index contributed by atoms with van der Waals surface area (Å²) < 4.78 is 5.28. The lowest BCUT2D eigenvalue weighted by Gasteiger charge is -2.43. The van der Waals surface area contributed by atoms with Crippen molar-refractivity contribution < 1.29 is 14.3 Å². The molecule has 0 aliphatic carbocycles. The molecule has 2 atom stereocenters. The Bertz CT molecular complexity index is 279. The second-order valence-corrected chi connectivity index (χ2v) is 3.93. The molecule has 0 aromatic rings. The van der Waals surface area contributed by atoms with Gasteiger partial charge in [-0.3, -0.25) is 20.2 Å². The molecule has 2 heterocycles. The van der Waals surface area contributed by atoms with Crippen molar-refractivity contribution in [1.82, 2.24) is 10.6 Å². The fourth-order valence-electron chi connectivity index (χ4n) is 2.08. The van der Waals surface area contributed by atoms with Gasteiger partial charge in [0.05, 0.1) is 13.2 Å². The minimum atomic E-state index is -0.591. The summed E-state index contributed by atoms with van der Waals surface area (Å²) in [5, 5.41) is 5.42. The van der Waals surface area contributed by atoms with Crippen LogP contribution in [0.3, 0.4) is 0 Å². The molecule has 78 valence electrons. The van der Waals surface area contributed by atoms with E-state index in [1.54, 1.807) is 0 Å². The summed E-state index contributed by atoms with van der Waals surface area (Å²) in [6.07, 6.45) is 0.632. The lowest BCUT2D eigenvalue weighted by atomic mass is 9.79. The van der Waals surface area contributed by atoms with Gasteiger partial charge in [-0.25, -0.2) is 0 Å². The van der Waals surface area contributed by atoms with Gasteiger partial charge in [-0.05, 0) is 6.42 Å². The molecule has 0 aromatic heterocycles. The monoisotopic (exact) mass is 198 g/mol. The molecule has 2 aliphatic heterocycles. The number of imide groups is 1. The van der Waals surface area contributed by atoms with E-state index in [9.17, 15) is 9.59 Å². The molecule has 5 nitrogen and oxygen atoms in total. The average molecular weight is 198 g/mol. The number of amides is 2. The molecule has 2 aliphatic rings. The normalized spacial score (nSPS) is 38.5. The van der Waals surface area contributed by atoms with Gasteiger partial charge >= 0.3 is 0 Å². The number of nitrogens with one attached hydrogen (secondary N) is 2. The Labute approximate surface area is 82.2 Å². The van der Waals surface area contributed by atoms with Gasteiger partial charge in [-0.2, -0.15) is 0 Å². The first kappa shape index (κ1) is 9.61. The van der Waals surface area contributed by atoms with Crippen LogP contribution in [-0.2, 0) is 14.3 Å². The highest BCUT2D eigenvalue weighted by atomic mass is 16.5. The van der Waals surface area contributed by atoms with E-state index in [0.29, 0.717) is 19.6 Å². The van der Waals surface area contributed by atoms with Crippen LogP contribution in [0.15, 0.2) is 0 Å². The number of hydrogen-bond donors (Lipinski definition) is 2. The Morgan fingerprint density at radius 1 is 1.50 bits per heavy atom. The summed E-state index contributed by atoms with van der Waals surface area (Å²) in [5.41, 5.74) is -0.591. The molecule has 1 spiro atoms. The average Bonchev–Trinajstić information content (AvgIpc) is 2.15. The van der Waals surface area contributed by atoms with Crippen molar-refractivity contribution >= 4 is 11.8 Å². The van der Waals surface area contributed by atoms with Crippen LogP contribution in [0.5, 0.6) is 0 Å². The van der Waals surface area contributed by atoms with E-state index in [1.165, 1.54) is 0 Å². The number of ether oxygens (including phenoxy) is 1. The summed E-state index contributed by atoms with van der Waals surface area (Å²) in [6, 6.07) is 0. The summed E-state index contributed by atoms with van der Waals surface area (Å²) >= 11 is 0. The molecule has 2 unspecified atom stereocenters. The van der Waals surface area contributed by atoms with E-state index in [4.69, 9.17) is 4.74 Å². The number of carbonyl (C=O) groups is 2. The van der Waals surface area contributed by atoms with Gasteiger partial charge in [0.15, 0.2) is 0 Å². The van der Waals surface area contributed by atoms with Gasteiger partial charge in [0.2, 0.25) is 11.8 Å². The summed E-state index contributed by atoms with van der Waals surface area (Å²) in [5.74, 6) is -0.354. The van der Waals surface area contributed by atoms with Crippen molar-refractivity contribution in [2.24, 2.45) is 5.92 Å². The van der Waals surface area contributed by atoms with Gasteiger partial charge in [0.25, 0.3) is 0 Å². The Hall–Kier alpha value is -0.940. The maximum atomic E-state index is 11.7. The minimum Gasteiger partial charge on any atom is -0.381 e. The first-order valence-corrected chi connectivity index (χ1v) is 4.82. The predicted octanol–water partition coefficient (Wildman–Crippen LogP) is -0.972. The van der Waals surface area contributed by atoms with Crippen LogP contribution < -0.4 is 10.6 Å². The zero-order chi connectivity index (χ0) is 10.2. The zero-order valence-corrected chi connectivity index (χ0v) is 8.13. The van der Waals surface area contributed by atoms with Gasteiger partial charge < -0.3 is 4.74 Å². The molecule has 14 heavy (non-hydrogen) atoms. The first-order chi connectivity index (χ1) is 6.65. The third kappa shape index (κ3) is 1.33. The molecule has 0 bridgehead atoms. The van der Waals surface area contributed by atoms with Crippen LogP contribution in [0.1, 0.15) is 13.3 Å². The van der Waals surface area contributed by atoms with Crippen LogP contribution in [0.2, 0.25) is 0 Å². The fraction of sp³-hybridized carbons (Fsp3) is 0.778. The van der Waals surface area contributed by atoms with E-state index in [1.807, 2.05) is 6.92 Å². The van der Waals surface area contributed by atoms with E-state index < -0.39 is 5.54 Å². The summed E-state index contributed by atoms with van der Waals surface area (Å²) in [7, 11) is 0. The molecule has 2 amide bonds. The largest absolute Gasteiger partial charge is 0.381 e. The van der Waals surface area contributed by atoms with Crippen LogP contribution >= 0.6 is 0 Å². The SMILES string of the molecule is CC1COCCC12NCC(=O)NC2=O. The molecule has 2 saturated heterocycles. The molecule has 2 rings (SSSR count). The molecule has 0 aromatic carbocycles. The fourth-order valence-corrected chi connectivity index (χ4v) is 2.08. The van der Waals surface area contributed by atoms with Crippen molar-refractivity contribution in [3.05, 3.63) is 0 Å². The molecule has 2 fully saturated rings. The third-order valence-corrected chi connectivity index (χ3v) is 3.07. The Balaban J connectivity index is 2.20. The van der Waals surface area contributed by atoms with Gasteiger partial charge in [-0.15, -0.1) is 0 Å². The van der Waals surface area contributed by atoms with E-state index >= 15 is 0 Å². The quantitative estimate of drug-likeness (QED) is 0.491. The Kier molecular flexibility index (Phi) is 2.28. The lowest BCUT2D eigenvalue weighted by molar-refractivity contribution is -0.145. The topological polar surface area (TPSA) is 67.4 Å². The number of rotatable bonds is 0. The number of piperazine rings is 1. The second kappa shape index (κ2) is 3.33. The zero-order valence-electron chi connectivity index (χ0n) is 8.13. The summed E-state index contributed by atoms with van der Waals surface area (Å²) in [6.45, 7) is 3.31. The van der Waals surface area contributed by atoms with Crippen molar-refractivity contribution in [2.75, 3.05) is 19.8 Å². The minimum absolute atomic E-state index is 0.101. The highest BCUT2D eigenvalue weighted by molar-refractivity contribution is 6.03. The smallest absolute Gasteiger partial charge is 0.247 e. The molecule has 2 N–H and O–H groups in total. The van der Waals surface area contributed by atoms with E-state index in [-0.39, 0.29) is 24.3 Å². The number of hydrogen-bond acceptors (Lipinski definition) is 4. The maximum Gasteiger partial charge on any atom is 0.247 e. The number of carbonyl (C=O) groups excluding carboxylic acids is 2. The van der Waals surface area contributed by atoms with E-state index in [0.717, 1.165) is 0 Å². The van der Waals surface area contributed by atoms with Gasteiger partial charge in [0.1, 0.15) is 5.54 Å². The molecule has 0 radical (unpaired) electrons. The van der Waals surface area contributed by atoms with Crippen LogP contribution in [0.4, 0.5) is 0 Å². The van der Waals surface area contributed by atoms with Crippen molar-refractivity contribution in [2.45, 2.75) is 18.9 Å². The third-order valence-electron chi connectivity index (χ3n) is 3.07. The predicted molar refractivity (Wildman–Crippen MR) is 48.5 cm³/mol. The van der Waals surface area contributed by atoms with Crippen molar-refractivity contribution in [3.8, 4) is 0 Å². The Morgan fingerprint density at radius 2 is 2.29 bits per heavy atom. The molecule has 0 saturated carbocycles. The molecular formula is C9H14N2O3. The van der Waals surface area contributed by atoms with Gasteiger partial charge in [-0.1, -0.05) is 6.92 Å². The maximum absolute atomic E-state index is 11.7. The van der Waals surface area contributed by atoms with Crippen LogP contribution in [-0.4, -0.2) is 37.1 Å². The van der Waals surface area contributed by atoms with Crippen molar-refractivity contribution in [1.29, 1.82) is 0 Å². The highest BCUT2D eigenvalue weighted by Crippen LogP contribution is 2.27. The summed E-state index contributed by atoms with van der Waals surface area (Å²) in [4.78, 5) is 22.7. The standard InChI is InChI=1S/C9H14N2O3/c1-6-5-14-3-2-9(6)8(13)11-7(12)4-10-9/h6,10H,2-5H2,1H3,(H,11,12,13). The molecule has 5 heteroatoms. The second-order valence-electron chi connectivity index (χ2n) is 3.93. The van der Waals surface area contributed by atoms with Gasteiger partial charge in [0, 0.05) is 12.5 Å². The molecular weight excluding hydrogens is 184 g/mol. The lowest BCUT2D eigenvalue weighted by Crippen LogP contribution is -2.70. The van der Waals surface area contributed by atoms with Crippen LogP contribution in [0.25, 0.3) is 0 Å². The first-order valence-electron chi connectivity index (χ1n) is 4.82. The van der Waals surface area contributed by atoms with E-state index in [2.05, 4.69) is 10.6 Å². The Morgan fingerprint density at radius 3 is 2.93 bits per heavy atom. The van der Waals surface area contributed by atoms with Crippen LogP contribution in [0, 0.1) is 5.92 Å². The highest BCUT2D eigenvalue weighted by Gasteiger charge is 2.48.